The number of aryl methyl sites for hydroxylation is 1. The Hall–Kier alpha value is -2.93. The summed E-state index contributed by atoms with van der Waals surface area (Å²) in [5, 5.41) is 2.79. The molecule has 6 rings (SSSR count). The maximum atomic E-state index is 4.77. The molecule has 28 heavy (non-hydrogen) atoms. The van der Waals surface area contributed by atoms with E-state index in [1.807, 2.05) is 6.20 Å². The Morgan fingerprint density at radius 1 is 0.750 bits per heavy atom. The van der Waals surface area contributed by atoms with Crippen molar-refractivity contribution in [2.75, 3.05) is 0 Å². The lowest BCUT2D eigenvalue weighted by atomic mass is 9.73. The molecule has 0 aliphatic heterocycles. The van der Waals surface area contributed by atoms with Crippen LogP contribution in [0.4, 0.5) is 0 Å². The van der Waals surface area contributed by atoms with E-state index in [-0.39, 0.29) is 5.41 Å². The van der Waals surface area contributed by atoms with Gasteiger partial charge in [0.05, 0.1) is 5.69 Å². The van der Waals surface area contributed by atoms with Gasteiger partial charge in [0.1, 0.15) is 0 Å². The van der Waals surface area contributed by atoms with Gasteiger partial charge in [-0.15, -0.1) is 0 Å². The standard InChI is InChI=1S/C27H23N/c1-18-13-16-28-24(17-18)23-10-6-9-21-22-12-11-19-7-2-3-8-20(19)25(22)27(26(21)23)14-4-5-15-27/h2-3,6-13,16-17H,4-5,14-15H2,1H3. The Bertz CT molecular complexity index is 1230. The highest BCUT2D eigenvalue weighted by atomic mass is 14.7. The van der Waals surface area contributed by atoms with E-state index in [0.29, 0.717) is 0 Å². The fourth-order valence-corrected chi connectivity index (χ4v) is 5.80. The second-order valence-electron chi connectivity index (χ2n) is 8.45. The van der Waals surface area contributed by atoms with E-state index in [1.165, 1.54) is 64.3 Å². The average molecular weight is 361 g/mol. The van der Waals surface area contributed by atoms with E-state index >= 15 is 0 Å². The van der Waals surface area contributed by atoms with Gasteiger partial charge in [0.15, 0.2) is 0 Å². The van der Waals surface area contributed by atoms with Crippen LogP contribution in [0.25, 0.3) is 33.2 Å². The minimum atomic E-state index is 0.132. The molecule has 0 atom stereocenters. The quantitative estimate of drug-likeness (QED) is 0.354. The fraction of sp³-hybridized carbons (Fsp3) is 0.222. The van der Waals surface area contributed by atoms with Crippen molar-refractivity contribution in [3.8, 4) is 22.4 Å². The smallest absolute Gasteiger partial charge is 0.0707 e. The van der Waals surface area contributed by atoms with Crippen LogP contribution in [0.5, 0.6) is 0 Å². The summed E-state index contributed by atoms with van der Waals surface area (Å²) < 4.78 is 0. The molecule has 0 N–H and O–H groups in total. The summed E-state index contributed by atoms with van der Waals surface area (Å²) in [5.74, 6) is 0. The van der Waals surface area contributed by atoms with E-state index in [0.717, 1.165) is 5.69 Å². The molecule has 1 heteroatoms. The van der Waals surface area contributed by atoms with Gasteiger partial charge in [-0.1, -0.05) is 67.4 Å². The fourth-order valence-electron chi connectivity index (χ4n) is 5.80. The summed E-state index contributed by atoms with van der Waals surface area (Å²) >= 11 is 0. The first-order valence-electron chi connectivity index (χ1n) is 10.4. The summed E-state index contributed by atoms with van der Waals surface area (Å²) in [6, 6.07) is 24.7. The Kier molecular flexibility index (Phi) is 3.32. The Morgan fingerprint density at radius 2 is 1.54 bits per heavy atom. The van der Waals surface area contributed by atoms with Crippen LogP contribution in [0.3, 0.4) is 0 Å². The van der Waals surface area contributed by atoms with E-state index in [9.17, 15) is 0 Å². The topological polar surface area (TPSA) is 12.9 Å². The molecule has 1 aromatic heterocycles. The van der Waals surface area contributed by atoms with Crippen LogP contribution >= 0.6 is 0 Å². The minimum Gasteiger partial charge on any atom is -0.256 e. The van der Waals surface area contributed by atoms with Gasteiger partial charge in [-0.25, -0.2) is 0 Å². The molecule has 1 fully saturated rings. The predicted octanol–water partition coefficient (Wildman–Crippen LogP) is 7.05. The molecule has 0 radical (unpaired) electrons. The molecule has 0 saturated heterocycles. The van der Waals surface area contributed by atoms with Crippen molar-refractivity contribution in [2.45, 2.75) is 38.0 Å². The predicted molar refractivity (Wildman–Crippen MR) is 117 cm³/mol. The molecule has 1 saturated carbocycles. The van der Waals surface area contributed by atoms with Crippen molar-refractivity contribution in [2.24, 2.45) is 0 Å². The molecular formula is C27H23N. The van der Waals surface area contributed by atoms with Crippen molar-refractivity contribution in [3.05, 3.63) is 89.6 Å². The van der Waals surface area contributed by atoms with Gasteiger partial charge in [-0.05, 0) is 70.5 Å². The SMILES string of the molecule is Cc1ccnc(-c2cccc3c2C2(CCCC2)c2c-3ccc3ccccc23)c1. The Balaban J connectivity index is 1.73. The van der Waals surface area contributed by atoms with Gasteiger partial charge in [-0.3, -0.25) is 4.98 Å². The zero-order chi connectivity index (χ0) is 18.7. The lowest BCUT2D eigenvalue weighted by molar-refractivity contribution is 0.555. The van der Waals surface area contributed by atoms with Crippen molar-refractivity contribution in [3.63, 3.8) is 0 Å². The second kappa shape index (κ2) is 5.78. The van der Waals surface area contributed by atoms with E-state index < -0.39 is 0 Å². The molecule has 136 valence electrons. The number of pyridine rings is 1. The van der Waals surface area contributed by atoms with Gasteiger partial charge < -0.3 is 0 Å². The highest BCUT2D eigenvalue weighted by Crippen LogP contribution is 2.60. The van der Waals surface area contributed by atoms with Crippen molar-refractivity contribution < 1.29 is 0 Å². The number of benzene rings is 3. The molecule has 2 aliphatic carbocycles. The van der Waals surface area contributed by atoms with Gasteiger partial charge in [-0.2, -0.15) is 0 Å². The van der Waals surface area contributed by atoms with Gasteiger partial charge >= 0.3 is 0 Å². The van der Waals surface area contributed by atoms with Crippen LogP contribution in [0.15, 0.2) is 72.9 Å². The highest BCUT2D eigenvalue weighted by Gasteiger charge is 2.47. The molecule has 0 bridgehead atoms. The zero-order valence-electron chi connectivity index (χ0n) is 16.2. The molecule has 2 aliphatic rings. The van der Waals surface area contributed by atoms with Gasteiger partial charge in [0.25, 0.3) is 0 Å². The Morgan fingerprint density at radius 3 is 2.39 bits per heavy atom. The first kappa shape index (κ1) is 16.1. The first-order valence-corrected chi connectivity index (χ1v) is 10.4. The highest BCUT2D eigenvalue weighted by molar-refractivity contribution is 5.99. The lowest BCUT2D eigenvalue weighted by Crippen LogP contribution is -2.22. The zero-order valence-corrected chi connectivity index (χ0v) is 16.2. The van der Waals surface area contributed by atoms with Crippen LogP contribution < -0.4 is 0 Å². The van der Waals surface area contributed by atoms with Crippen LogP contribution in [-0.4, -0.2) is 4.98 Å². The number of nitrogens with zero attached hydrogens (tertiary/aromatic N) is 1. The first-order chi connectivity index (χ1) is 13.8. The average Bonchev–Trinajstić information content (AvgIpc) is 3.33. The van der Waals surface area contributed by atoms with Crippen molar-refractivity contribution in [1.82, 2.24) is 4.98 Å². The van der Waals surface area contributed by atoms with Gasteiger partial charge in [0.2, 0.25) is 0 Å². The monoisotopic (exact) mass is 361 g/mol. The summed E-state index contributed by atoms with van der Waals surface area (Å²) in [7, 11) is 0. The van der Waals surface area contributed by atoms with Crippen molar-refractivity contribution >= 4 is 10.8 Å². The lowest BCUT2D eigenvalue weighted by Gasteiger charge is -2.29. The normalized spacial score (nSPS) is 16.5. The summed E-state index contributed by atoms with van der Waals surface area (Å²) in [6.07, 6.45) is 7.03. The molecule has 4 aromatic rings. The molecule has 1 nitrogen and oxygen atoms in total. The second-order valence-corrected chi connectivity index (χ2v) is 8.45. The number of hydrogen-bond acceptors (Lipinski definition) is 1. The summed E-state index contributed by atoms with van der Waals surface area (Å²) in [5.41, 5.74) is 9.78. The van der Waals surface area contributed by atoms with Crippen LogP contribution in [0.2, 0.25) is 0 Å². The summed E-state index contributed by atoms with van der Waals surface area (Å²) in [6.45, 7) is 2.15. The third-order valence-electron chi connectivity index (χ3n) is 6.89. The molecule has 1 heterocycles. The van der Waals surface area contributed by atoms with Crippen LogP contribution in [0.1, 0.15) is 42.4 Å². The molecule has 1 spiro atoms. The third kappa shape index (κ3) is 2.05. The third-order valence-corrected chi connectivity index (χ3v) is 6.89. The largest absolute Gasteiger partial charge is 0.256 e. The summed E-state index contributed by atoms with van der Waals surface area (Å²) in [4.78, 5) is 4.77. The minimum absolute atomic E-state index is 0.132. The number of fused-ring (bicyclic) bond motifs is 7. The van der Waals surface area contributed by atoms with Crippen molar-refractivity contribution in [1.29, 1.82) is 0 Å². The molecule has 0 amide bonds. The van der Waals surface area contributed by atoms with E-state index in [4.69, 9.17) is 4.98 Å². The molecule has 0 unspecified atom stereocenters. The van der Waals surface area contributed by atoms with Crippen LogP contribution in [-0.2, 0) is 5.41 Å². The molecule has 3 aromatic carbocycles. The molecular weight excluding hydrogens is 338 g/mol. The Labute approximate surface area is 166 Å². The maximum Gasteiger partial charge on any atom is 0.0707 e. The number of aromatic nitrogens is 1. The van der Waals surface area contributed by atoms with E-state index in [1.54, 1.807) is 5.56 Å². The van der Waals surface area contributed by atoms with Gasteiger partial charge in [0, 0.05) is 17.2 Å². The van der Waals surface area contributed by atoms with Crippen LogP contribution in [0, 0.1) is 6.92 Å². The maximum absolute atomic E-state index is 4.77. The number of rotatable bonds is 1. The number of hydrogen-bond donors (Lipinski definition) is 0. The van der Waals surface area contributed by atoms with E-state index in [2.05, 4.69) is 73.7 Å².